The van der Waals surface area contributed by atoms with Crippen molar-refractivity contribution in [2.24, 2.45) is 23.7 Å². The van der Waals surface area contributed by atoms with Crippen LogP contribution in [-0.4, -0.2) is 23.1 Å². The molecule has 0 heterocycles. The van der Waals surface area contributed by atoms with E-state index >= 15 is 0 Å². The number of carboxylic acid groups (broad SMARTS) is 1. The lowest BCUT2D eigenvalue weighted by molar-refractivity contribution is -0.157. The minimum Gasteiger partial charge on any atom is -0.481 e. The van der Waals surface area contributed by atoms with Crippen LogP contribution >= 0.6 is 0 Å². The number of carbonyl (C=O) groups is 2. The molecule has 2 rings (SSSR count). The van der Waals surface area contributed by atoms with Crippen LogP contribution in [0, 0.1) is 23.7 Å². The molecule has 0 aromatic rings. The average molecular weight is 240 g/mol. The van der Waals surface area contributed by atoms with Gasteiger partial charge >= 0.3 is 11.9 Å². The van der Waals surface area contributed by atoms with E-state index in [1.54, 1.807) is 0 Å². The minimum atomic E-state index is -0.691. The lowest BCUT2D eigenvalue weighted by Gasteiger charge is -2.26. The third kappa shape index (κ3) is 2.31. The highest BCUT2D eigenvalue weighted by Gasteiger charge is 2.50. The van der Waals surface area contributed by atoms with Gasteiger partial charge in [0.05, 0.1) is 11.8 Å². The molecule has 0 radical (unpaired) electrons. The normalized spacial score (nSPS) is 36.8. The van der Waals surface area contributed by atoms with Crippen LogP contribution < -0.4 is 0 Å². The van der Waals surface area contributed by atoms with Crippen LogP contribution in [0.1, 0.15) is 39.5 Å². The summed E-state index contributed by atoms with van der Waals surface area (Å²) in [6, 6.07) is 0. The first-order valence-corrected chi connectivity index (χ1v) is 6.46. The molecular weight excluding hydrogens is 220 g/mol. The number of fused-ring (bicyclic) bond motifs is 2. The van der Waals surface area contributed by atoms with Gasteiger partial charge in [0.25, 0.3) is 0 Å². The van der Waals surface area contributed by atoms with Crippen molar-refractivity contribution in [3.63, 3.8) is 0 Å². The van der Waals surface area contributed by atoms with Gasteiger partial charge in [-0.25, -0.2) is 0 Å². The SMILES string of the molecule is CCC(C)C(=O)O[C@@H]1CC2CC1CC2C(=O)O. The molecule has 4 unspecified atom stereocenters. The summed E-state index contributed by atoms with van der Waals surface area (Å²) >= 11 is 0. The molecule has 2 aliphatic carbocycles. The predicted octanol–water partition coefficient (Wildman–Crippen LogP) is 2.07. The molecule has 4 nitrogen and oxygen atoms in total. The standard InChI is InChI=1S/C13H20O4/c1-3-7(2)13(16)17-11-6-8-4-9(11)5-10(8)12(14)15/h7-11H,3-6H2,1-2H3,(H,14,15)/t7?,8?,9?,10?,11-/m1/s1. The number of esters is 1. The van der Waals surface area contributed by atoms with E-state index in [0.29, 0.717) is 6.42 Å². The molecule has 0 aromatic heterocycles. The summed E-state index contributed by atoms with van der Waals surface area (Å²) in [5.74, 6) is -0.592. The van der Waals surface area contributed by atoms with Gasteiger partial charge in [0.15, 0.2) is 0 Å². The number of hydrogen-bond donors (Lipinski definition) is 1. The zero-order valence-electron chi connectivity index (χ0n) is 10.4. The fraction of sp³-hybridized carbons (Fsp3) is 0.846. The van der Waals surface area contributed by atoms with Crippen molar-refractivity contribution in [2.75, 3.05) is 0 Å². The van der Waals surface area contributed by atoms with Crippen LogP contribution in [0.15, 0.2) is 0 Å². The van der Waals surface area contributed by atoms with Gasteiger partial charge in [0.2, 0.25) is 0 Å². The third-order valence-corrected chi connectivity index (χ3v) is 4.39. The van der Waals surface area contributed by atoms with E-state index < -0.39 is 5.97 Å². The molecular formula is C13H20O4. The quantitative estimate of drug-likeness (QED) is 0.764. The van der Waals surface area contributed by atoms with Gasteiger partial charge in [-0.05, 0) is 37.5 Å². The summed E-state index contributed by atoms with van der Waals surface area (Å²) in [4.78, 5) is 22.7. The van der Waals surface area contributed by atoms with E-state index in [4.69, 9.17) is 9.84 Å². The molecule has 2 saturated carbocycles. The Morgan fingerprint density at radius 3 is 2.47 bits per heavy atom. The first-order chi connectivity index (χ1) is 8.02. The summed E-state index contributed by atoms with van der Waals surface area (Å²) in [5, 5.41) is 9.02. The molecule has 2 bridgehead atoms. The Labute approximate surface area is 101 Å². The second-order valence-electron chi connectivity index (χ2n) is 5.46. The van der Waals surface area contributed by atoms with Crippen molar-refractivity contribution in [2.45, 2.75) is 45.6 Å². The highest BCUT2D eigenvalue weighted by Crippen LogP contribution is 2.49. The number of ether oxygens (including phenoxy) is 1. The van der Waals surface area contributed by atoms with Crippen LogP contribution in [0.4, 0.5) is 0 Å². The fourth-order valence-electron chi connectivity index (χ4n) is 3.10. The Balaban J connectivity index is 1.88. The Morgan fingerprint density at radius 1 is 1.29 bits per heavy atom. The molecule has 4 heteroatoms. The van der Waals surface area contributed by atoms with Gasteiger partial charge in [-0.1, -0.05) is 13.8 Å². The van der Waals surface area contributed by atoms with Gasteiger partial charge in [0, 0.05) is 0 Å². The first kappa shape index (κ1) is 12.4. The molecule has 2 fully saturated rings. The van der Waals surface area contributed by atoms with Crippen molar-refractivity contribution in [3.8, 4) is 0 Å². The molecule has 0 aliphatic heterocycles. The highest BCUT2D eigenvalue weighted by atomic mass is 16.5. The fourth-order valence-corrected chi connectivity index (χ4v) is 3.10. The van der Waals surface area contributed by atoms with Gasteiger partial charge in [-0.15, -0.1) is 0 Å². The second-order valence-corrected chi connectivity index (χ2v) is 5.46. The van der Waals surface area contributed by atoms with Crippen LogP contribution in [0.25, 0.3) is 0 Å². The van der Waals surface area contributed by atoms with E-state index in [1.165, 1.54) is 0 Å². The van der Waals surface area contributed by atoms with E-state index in [-0.39, 0.29) is 35.7 Å². The summed E-state index contributed by atoms with van der Waals surface area (Å²) in [5.41, 5.74) is 0. The van der Waals surface area contributed by atoms with Crippen molar-refractivity contribution < 1.29 is 19.4 Å². The predicted molar refractivity (Wildman–Crippen MR) is 61.3 cm³/mol. The summed E-state index contributed by atoms with van der Waals surface area (Å²) < 4.78 is 5.49. The van der Waals surface area contributed by atoms with E-state index in [9.17, 15) is 9.59 Å². The molecule has 2 aliphatic rings. The molecule has 5 atom stereocenters. The van der Waals surface area contributed by atoms with Crippen LogP contribution in [-0.2, 0) is 14.3 Å². The number of rotatable bonds is 4. The number of aliphatic carboxylic acids is 1. The molecule has 0 saturated heterocycles. The largest absolute Gasteiger partial charge is 0.481 e. The molecule has 1 N–H and O–H groups in total. The van der Waals surface area contributed by atoms with Crippen molar-refractivity contribution in [3.05, 3.63) is 0 Å². The second kappa shape index (κ2) is 4.67. The van der Waals surface area contributed by atoms with Gasteiger partial charge in [-0.3, -0.25) is 9.59 Å². The van der Waals surface area contributed by atoms with Crippen molar-refractivity contribution in [1.82, 2.24) is 0 Å². The van der Waals surface area contributed by atoms with Gasteiger partial charge in [-0.2, -0.15) is 0 Å². The van der Waals surface area contributed by atoms with Gasteiger partial charge < -0.3 is 9.84 Å². The van der Waals surface area contributed by atoms with Crippen molar-refractivity contribution in [1.29, 1.82) is 0 Å². The zero-order chi connectivity index (χ0) is 12.6. The molecule has 96 valence electrons. The average Bonchev–Trinajstić information content (AvgIpc) is 2.86. The molecule has 0 amide bonds. The van der Waals surface area contributed by atoms with Crippen molar-refractivity contribution >= 4 is 11.9 Å². The monoisotopic (exact) mass is 240 g/mol. The van der Waals surface area contributed by atoms with Crippen LogP contribution in [0.3, 0.4) is 0 Å². The molecule has 17 heavy (non-hydrogen) atoms. The zero-order valence-corrected chi connectivity index (χ0v) is 10.4. The highest BCUT2D eigenvalue weighted by molar-refractivity contribution is 5.73. The number of carbonyl (C=O) groups excluding carboxylic acids is 1. The summed E-state index contributed by atoms with van der Waals surface area (Å²) in [6.45, 7) is 3.84. The lowest BCUT2D eigenvalue weighted by Crippen LogP contribution is -2.31. The number of hydrogen-bond acceptors (Lipinski definition) is 3. The maximum absolute atomic E-state index is 11.7. The van der Waals surface area contributed by atoms with E-state index in [2.05, 4.69) is 0 Å². The minimum absolute atomic E-state index is 0.0305. The smallest absolute Gasteiger partial charge is 0.308 e. The Bertz CT molecular complexity index is 325. The Hall–Kier alpha value is -1.06. The van der Waals surface area contributed by atoms with E-state index in [0.717, 1.165) is 19.3 Å². The van der Waals surface area contributed by atoms with Crippen LogP contribution in [0.2, 0.25) is 0 Å². The van der Waals surface area contributed by atoms with Crippen LogP contribution in [0.5, 0.6) is 0 Å². The number of carboxylic acids is 1. The molecule has 0 aromatic carbocycles. The topological polar surface area (TPSA) is 63.6 Å². The maximum Gasteiger partial charge on any atom is 0.308 e. The lowest BCUT2D eigenvalue weighted by atomic mass is 9.87. The Morgan fingerprint density at radius 2 is 2.00 bits per heavy atom. The Kier molecular flexibility index (Phi) is 3.40. The first-order valence-electron chi connectivity index (χ1n) is 6.46. The van der Waals surface area contributed by atoms with Gasteiger partial charge in [0.1, 0.15) is 6.10 Å². The van der Waals surface area contributed by atoms with E-state index in [1.807, 2.05) is 13.8 Å². The maximum atomic E-state index is 11.7. The summed E-state index contributed by atoms with van der Waals surface area (Å²) in [7, 11) is 0. The third-order valence-electron chi connectivity index (χ3n) is 4.39. The summed E-state index contributed by atoms with van der Waals surface area (Å²) in [6.07, 6.45) is 3.09. The molecule has 0 spiro atoms.